The molecule has 4 aliphatic rings. The second-order valence-electron chi connectivity index (χ2n) is 8.42. The Labute approximate surface area is 186 Å². The average Bonchev–Trinajstić information content (AvgIpc) is 3.43. The van der Waals surface area contributed by atoms with Gasteiger partial charge in [0.25, 0.3) is 0 Å². The maximum absolute atomic E-state index is 14.3. The van der Waals surface area contributed by atoms with Crippen molar-refractivity contribution in [3.63, 3.8) is 0 Å². The molecule has 0 radical (unpaired) electrons. The molecule has 0 bridgehead atoms. The van der Waals surface area contributed by atoms with Gasteiger partial charge in [0.15, 0.2) is 0 Å². The van der Waals surface area contributed by atoms with E-state index in [-0.39, 0.29) is 16.8 Å². The van der Waals surface area contributed by atoms with Gasteiger partial charge in [-0.25, -0.2) is 9.29 Å². The first-order valence-electron chi connectivity index (χ1n) is 10.1. The van der Waals surface area contributed by atoms with E-state index in [1.807, 2.05) is 4.90 Å². The number of nitrogens with one attached hydrogen (secondary N) is 1. The first-order chi connectivity index (χ1) is 14.9. The summed E-state index contributed by atoms with van der Waals surface area (Å²) in [4.78, 5) is 43.9. The molecule has 1 spiro atoms. The summed E-state index contributed by atoms with van der Waals surface area (Å²) in [5.41, 5.74) is -0.332. The molecule has 2 aromatic rings. The number of halogens is 3. The number of anilines is 2. The molecule has 1 N–H and O–H groups in total. The molecule has 0 saturated carbocycles. The van der Waals surface area contributed by atoms with Gasteiger partial charge in [-0.1, -0.05) is 23.2 Å². The van der Waals surface area contributed by atoms with E-state index in [9.17, 15) is 18.8 Å². The van der Waals surface area contributed by atoms with Gasteiger partial charge in [-0.2, -0.15) is 0 Å². The Hall–Kier alpha value is -2.48. The number of hydrogen-bond donors (Lipinski definition) is 1. The smallest absolute Gasteiger partial charge is 0.250 e. The lowest BCUT2D eigenvalue weighted by Gasteiger charge is -2.36. The largest absolute Gasteiger partial charge is 0.324 e. The van der Waals surface area contributed by atoms with Crippen LogP contribution >= 0.6 is 23.2 Å². The predicted octanol–water partition coefficient (Wildman–Crippen LogP) is 3.56. The van der Waals surface area contributed by atoms with Crippen molar-refractivity contribution in [2.75, 3.05) is 16.8 Å². The molecular weight excluding hydrogens is 444 g/mol. The normalized spacial score (nSPS) is 31.4. The Kier molecular flexibility index (Phi) is 3.89. The second-order valence-corrected chi connectivity index (χ2v) is 9.27. The number of carbonyl (C=O) groups is 3. The summed E-state index contributed by atoms with van der Waals surface area (Å²) in [5, 5.41) is 3.36. The van der Waals surface area contributed by atoms with Crippen LogP contribution < -0.4 is 10.2 Å². The number of amides is 3. The first kappa shape index (κ1) is 19.2. The second kappa shape index (κ2) is 6.28. The van der Waals surface area contributed by atoms with E-state index in [0.717, 1.165) is 11.3 Å². The molecule has 158 valence electrons. The summed E-state index contributed by atoms with van der Waals surface area (Å²) in [6.07, 6.45) is 1.46. The van der Waals surface area contributed by atoms with Gasteiger partial charge in [-0.05, 0) is 55.8 Å². The fourth-order valence-corrected chi connectivity index (χ4v) is 6.44. The SMILES string of the molecule is O=C1[C@@H]2[C@@H]3CCCN3[C@]3(C(=O)Nc4ccc(F)cc43)[C@H]2C(=O)N1c1cc(Cl)ccc1Cl. The third-order valence-corrected chi connectivity index (χ3v) is 7.66. The molecule has 4 atom stereocenters. The Morgan fingerprint density at radius 3 is 2.68 bits per heavy atom. The summed E-state index contributed by atoms with van der Waals surface area (Å²) in [6, 6.07) is 8.36. The molecule has 6 rings (SSSR count). The van der Waals surface area contributed by atoms with Gasteiger partial charge in [0.2, 0.25) is 17.7 Å². The molecule has 0 aliphatic carbocycles. The van der Waals surface area contributed by atoms with Crippen LogP contribution in [0.25, 0.3) is 0 Å². The summed E-state index contributed by atoms with van der Waals surface area (Å²) >= 11 is 12.4. The Morgan fingerprint density at radius 1 is 1.06 bits per heavy atom. The fraction of sp³-hybridized carbons (Fsp3) is 0.318. The lowest BCUT2D eigenvalue weighted by Crippen LogP contribution is -2.54. The predicted molar refractivity (Wildman–Crippen MR) is 112 cm³/mol. The molecule has 2 aromatic carbocycles. The van der Waals surface area contributed by atoms with Crippen LogP contribution in [0.1, 0.15) is 18.4 Å². The fourth-order valence-electron chi connectivity index (χ4n) is 6.07. The van der Waals surface area contributed by atoms with E-state index in [0.29, 0.717) is 29.2 Å². The number of fused-ring (bicyclic) bond motifs is 7. The molecule has 0 unspecified atom stereocenters. The van der Waals surface area contributed by atoms with E-state index in [4.69, 9.17) is 23.2 Å². The lowest BCUT2D eigenvalue weighted by atomic mass is 9.75. The van der Waals surface area contributed by atoms with E-state index in [1.165, 1.54) is 30.3 Å². The minimum atomic E-state index is -1.42. The third-order valence-electron chi connectivity index (χ3n) is 7.10. The van der Waals surface area contributed by atoms with Gasteiger partial charge in [-0.3, -0.25) is 19.3 Å². The van der Waals surface area contributed by atoms with Crippen molar-refractivity contribution in [2.24, 2.45) is 11.8 Å². The van der Waals surface area contributed by atoms with Crippen LogP contribution in [0.4, 0.5) is 15.8 Å². The van der Waals surface area contributed by atoms with Gasteiger partial charge in [0.1, 0.15) is 11.4 Å². The number of benzene rings is 2. The van der Waals surface area contributed by atoms with Crippen molar-refractivity contribution >= 4 is 52.3 Å². The maximum atomic E-state index is 14.3. The van der Waals surface area contributed by atoms with Crippen LogP contribution in [0, 0.1) is 17.7 Å². The highest BCUT2D eigenvalue weighted by atomic mass is 35.5. The Bertz CT molecular complexity index is 1200. The lowest BCUT2D eigenvalue weighted by molar-refractivity contribution is -0.135. The summed E-state index contributed by atoms with van der Waals surface area (Å²) in [6.45, 7) is 0.555. The van der Waals surface area contributed by atoms with Crippen molar-refractivity contribution in [3.8, 4) is 0 Å². The number of rotatable bonds is 1. The van der Waals surface area contributed by atoms with Gasteiger partial charge in [-0.15, -0.1) is 0 Å². The summed E-state index contributed by atoms with van der Waals surface area (Å²) in [7, 11) is 0. The monoisotopic (exact) mass is 459 g/mol. The van der Waals surface area contributed by atoms with Crippen LogP contribution in [-0.2, 0) is 19.9 Å². The third kappa shape index (κ3) is 2.24. The van der Waals surface area contributed by atoms with Crippen LogP contribution in [0.15, 0.2) is 36.4 Å². The van der Waals surface area contributed by atoms with E-state index < -0.39 is 40.9 Å². The topological polar surface area (TPSA) is 69.7 Å². The minimum Gasteiger partial charge on any atom is -0.324 e. The van der Waals surface area contributed by atoms with Crippen LogP contribution in [-0.4, -0.2) is 35.2 Å². The number of hydrogen-bond acceptors (Lipinski definition) is 4. The highest BCUT2D eigenvalue weighted by Gasteiger charge is 2.74. The molecule has 9 heteroatoms. The number of carbonyl (C=O) groups excluding carboxylic acids is 3. The Balaban J connectivity index is 1.58. The van der Waals surface area contributed by atoms with E-state index >= 15 is 0 Å². The summed E-state index contributed by atoms with van der Waals surface area (Å²) < 4.78 is 14.3. The number of nitrogens with zero attached hydrogens (tertiary/aromatic N) is 2. The molecule has 3 fully saturated rings. The molecule has 4 aliphatic heterocycles. The minimum absolute atomic E-state index is 0.205. The molecular formula is C22H16Cl2FN3O3. The zero-order valence-corrected chi connectivity index (χ0v) is 17.6. The van der Waals surface area contributed by atoms with Gasteiger partial charge in [0, 0.05) is 22.3 Å². The molecule has 3 amide bonds. The van der Waals surface area contributed by atoms with Crippen molar-refractivity contribution in [1.29, 1.82) is 0 Å². The Morgan fingerprint density at radius 2 is 1.87 bits per heavy atom. The van der Waals surface area contributed by atoms with Gasteiger partial charge >= 0.3 is 0 Å². The van der Waals surface area contributed by atoms with E-state index in [2.05, 4.69) is 5.32 Å². The van der Waals surface area contributed by atoms with Crippen molar-refractivity contribution in [3.05, 3.63) is 57.8 Å². The van der Waals surface area contributed by atoms with Gasteiger partial charge in [0.05, 0.1) is 22.5 Å². The maximum Gasteiger partial charge on any atom is 0.250 e. The number of imide groups is 1. The van der Waals surface area contributed by atoms with Gasteiger partial charge < -0.3 is 5.32 Å². The highest BCUT2D eigenvalue weighted by molar-refractivity contribution is 6.38. The van der Waals surface area contributed by atoms with E-state index in [1.54, 1.807) is 6.07 Å². The zero-order chi connectivity index (χ0) is 21.7. The van der Waals surface area contributed by atoms with Crippen LogP contribution in [0.3, 0.4) is 0 Å². The first-order valence-corrected chi connectivity index (χ1v) is 10.8. The average molecular weight is 460 g/mol. The molecule has 3 saturated heterocycles. The molecule has 31 heavy (non-hydrogen) atoms. The van der Waals surface area contributed by atoms with Crippen LogP contribution in [0.2, 0.25) is 10.0 Å². The van der Waals surface area contributed by atoms with Crippen molar-refractivity contribution in [2.45, 2.75) is 24.4 Å². The van der Waals surface area contributed by atoms with Crippen molar-refractivity contribution in [1.82, 2.24) is 4.90 Å². The molecule has 0 aromatic heterocycles. The van der Waals surface area contributed by atoms with Crippen LogP contribution in [0.5, 0.6) is 0 Å². The molecule has 6 nitrogen and oxygen atoms in total. The highest BCUT2D eigenvalue weighted by Crippen LogP contribution is 2.61. The standard InChI is InChI=1S/C22H16Cl2FN3O3/c23-10-3-5-13(24)16(8-10)28-19(29)17-15-2-1-7-27(15)22(18(17)20(28)30)12-9-11(25)4-6-14(12)26-21(22)31/h3-6,8-9,15,17-18H,1-2,7H2,(H,26,31)/t15-,17+,18+,22-/m0/s1. The zero-order valence-electron chi connectivity index (χ0n) is 16.1. The van der Waals surface area contributed by atoms with Crippen molar-refractivity contribution < 1.29 is 18.8 Å². The molecule has 4 heterocycles. The summed E-state index contributed by atoms with van der Waals surface area (Å²) in [5.74, 6) is -3.49. The quantitative estimate of drug-likeness (QED) is 0.661.